The van der Waals surface area contributed by atoms with Gasteiger partial charge in [-0.15, -0.1) is 5.10 Å². The van der Waals surface area contributed by atoms with Crippen LogP contribution in [0.15, 0.2) is 30.5 Å². The van der Waals surface area contributed by atoms with Crippen molar-refractivity contribution in [2.45, 2.75) is 18.2 Å². The van der Waals surface area contributed by atoms with Crippen LogP contribution in [0.4, 0.5) is 0 Å². The van der Waals surface area contributed by atoms with E-state index in [9.17, 15) is 0 Å². The number of benzene rings is 1. The predicted octanol–water partition coefficient (Wildman–Crippen LogP) is 3.12. The Kier molecular flexibility index (Phi) is 3.78. The van der Waals surface area contributed by atoms with Gasteiger partial charge in [-0.1, -0.05) is 34.1 Å². The summed E-state index contributed by atoms with van der Waals surface area (Å²) >= 11 is 3.56. The highest BCUT2D eigenvalue weighted by molar-refractivity contribution is 9.09. The summed E-state index contributed by atoms with van der Waals surface area (Å²) in [4.78, 5) is 0.252. The van der Waals surface area contributed by atoms with Gasteiger partial charge in [0.15, 0.2) is 0 Å². The molecule has 5 heteroatoms. The third-order valence-corrected chi connectivity index (χ3v) is 3.62. The average molecular weight is 296 g/mol. The summed E-state index contributed by atoms with van der Waals surface area (Å²) in [5.74, 6) is 0.811. The number of halogens is 1. The second-order valence-electron chi connectivity index (χ2n) is 3.67. The molecule has 0 fully saturated rings. The highest BCUT2D eigenvalue weighted by atomic mass is 79.9. The fourth-order valence-corrected chi connectivity index (χ4v) is 1.72. The van der Waals surface area contributed by atoms with Crippen LogP contribution in [-0.2, 0) is 0 Å². The predicted molar refractivity (Wildman–Crippen MR) is 69.9 cm³/mol. The van der Waals surface area contributed by atoms with Crippen LogP contribution in [0, 0.1) is 0 Å². The first kappa shape index (κ1) is 12.1. The molecule has 4 nitrogen and oxygen atoms in total. The molecular weight excluding hydrogens is 282 g/mol. The standard InChI is InChI=1S/C12H14BrN3O/c1-3-11(13)12-8-16(15-14-12)9-5-4-6-10(7-9)17-2/h4-8,11H,3H2,1-2H3. The zero-order valence-corrected chi connectivity index (χ0v) is 11.4. The molecule has 0 N–H and O–H groups in total. The van der Waals surface area contributed by atoms with Gasteiger partial charge in [0.2, 0.25) is 0 Å². The lowest BCUT2D eigenvalue weighted by Crippen LogP contribution is -1.95. The molecule has 1 atom stereocenters. The second kappa shape index (κ2) is 5.31. The van der Waals surface area contributed by atoms with Crippen LogP contribution in [0.25, 0.3) is 5.69 Å². The summed E-state index contributed by atoms with van der Waals surface area (Å²) in [7, 11) is 1.65. The highest BCUT2D eigenvalue weighted by Crippen LogP contribution is 2.24. The van der Waals surface area contributed by atoms with Crippen LogP contribution >= 0.6 is 15.9 Å². The molecule has 2 aromatic rings. The Balaban J connectivity index is 2.30. The van der Waals surface area contributed by atoms with Gasteiger partial charge < -0.3 is 4.74 Å². The Labute approximate surface area is 109 Å². The van der Waals surface area contributed by atoms with E-state index >= 15 is 0 Å². The maximum atomic E-state index is 5.18. The molecule has 0 aliphatic rings. The first-order valence-corrected chi connectivity index (χ1v) is 6.37. The van der Waals surface area contributed by atoms with Gasteiger partial charge in [0.05, 0.1) is 29.5 Å². The maximum Gasteiger partial charge on any atom is 0.121 e. The van der Waals surface area contributed by atoms with E-state index in [1.54, 1.807) is 11.8 Å². The number of alkyl halides is 1. The second-order valence-corrected chi connectivity index (χ2v) is 4.77. The molecule has 1 unspecified atom stereocenters. The van der Waals surface area contributed by atoms with Crippen molar-refractivity contribution in [3.63, 3.8) is 0 Å². The molecule has 0 aliphatic carbocycles. The molecule has 0 saturated carbocycles. The summed E-state index contributed by atoms with van der Waals surface area (Å²) in [6, 6.07) is 7.73. The van der Waals surface area contributed by atoms with Crippen molar-refractivity contribution in [1.29, 1.82) is 0 Å². The number of ether oxygens (including phenoxy) is 1. The van der Waals surface area contributed by atoms with E-state index in [0.717, 1.165) is 23.6 Å². The molecule has 2 rings (SSSR count). The van der Waals surface area contributed by atoms with E-state index in [4.69, 9.17) is 4.74 Å². The van der Waals surface area contributed by atoms with Gasteiger partial charge in [-0.05, 0) is 18.6 Å². The lowest BCUT2D eigenvalue weighted by Gasteiger charge is -2.03. The number of nitrogens with zero attached hydrogens (tertiary/aromatic N) is 3. The molecule has 1 aromatic carbocycles. The Morgan fingerprint density at radius 2 is 2.29 bits per heavy atom. The molecule has 0 radical (unpaired) electrons. The summed E-state index contributed by atoms with van der Waals surface area (Å²) in [6.07, 6.45) is 2.91. The molecular formula is C12H14BrN3O. The maximum absolute atomic E-state index is 5.18. The number of hydrogen-bond acceptors (Lipinski definition) is 3. The molecule has 1 heterocycles. The number of hydrogen-bond donors (Lipinski definition) is 0. The van der Waals surface area contributed by atoms with Crippen LogP contribution in [0.2, 0.25) is 0 Å². The Morgan fingerprint density at radius 3 is 3.00 bits per heavy atom. The topological polar surface area (TPSA) is 39.9 Å². The SMILES string of the molecule is CCC(Br)c1cn(-c2cccc(OC)c2)nn1. The van der Waals surface area contributed by atoms with Crippen molar-refractivity contribution in [1.82, 2.24) is 15.0 Å². The van der Waals surface area contributed by atoms with Crippen molar-refractivity contribution in [2.24, 2.45) is 0 Å². The van der Waals surface area contributed by atoms with Crippen LogP contribution in [0.1, 0.15) is 23.9 Å². The van der Waals surface area contributed by atoms with Gasteiger partial charge in [-0.25, -0.2) is 4.68 Å². The van der Waals surface area contributed by atoms with E-state index in [1.165, 1.54) is 0 Å². The van der Waals surface area contributed by atoms with Gasteiger partial charge in [0.25, 0.3) is 0 Å². The molecule has 0 aliphatic heterocycles. The van der Waals surface area contributed by atoms with Crippen molar-refractivity contribution < 1.29 is 4.74 Å². The van der Waals surface area contributed by atoms with Crippen molar-refractivity contribution in [2.75, 3.05) is 7.11 Å². The van der Waals surface area contributed by atoms with Crippen molar-refractivity contribution in [3.05, 3.63) is 36.2 Å². The fraction of sp³-hybridized carbons (Fsp3) is 0.333. The Hall–Kier alpha value is -1.36. The van der Waals surface area contributed by atoms with E-state index in [0.29, 0.717) is 0 Å². The lowest BCUT2D eigenvalue weighted by molar-refractivity contribution is 0.414. The molecule has 17 heavy (non-hydrogen) atoms. The molecule has 0 spiro atoms. The molecule has 0 bridgehead atoms. The van der Waals surface area contributed by atoms with Crippen molar-refractivity contribution in [3.8, 4) is 11.4 Å². The van der Waals surface area contributed by atoms with E-state index in [2.05, 4.69) is 33.2 Å². The quantitative estimate of drug-likeness (QED) is 0.814. The largest absolute Gasteiger partial charge is 0.497 e. The van der Waals surface area contributed by atoms with Gasteiger partial charge >= 0.3 is 0 Å². The first-order chi connectivity index (χ1) is 8.24. The fourth-order valence-electron chi connectivity index (χ4n) is 1.51. The lowest BCUT2D eigenvalue weighted by atomic mass is 10.2. The molecule has 90 valence electrons. The minimum Gasteiger partial charge on any atom is -0.497 e. The van der Waals surface area contributed by atoms with Gasteiger partial charge in [0.1, 0.15) is 5.75 Å². The Morgan fingerprint density at radius 1 is 1.47 bits per heavy atom. The molecule has 0 amide bonds. The van der Waals surface area contributed by atoms with Gasteiger partial charge in [0, 0.05) is 6.07 Å². The Bertz CT molecular complexity index is 498. The monoisotopic (exact) mass is 295 g/mol. The zero-order valence-electron chi connectivity index (χ0n) is 9.80. The minimum absolute atomic E-state index is 0.252. The zero-order chi connectivity index (χ0) is 12.3. The van der Waals surface area contributed by atoms with E-state index in [1.807, 2.05) is 30.5 Å². The summed E-state index contributed by atoms with van der Waals surface area (Å²) in [5, 5.41) is 8.26. The smallest absolute Gasteiger partial charge is 0.121 e. The highest BCUT2D eigenvalue weighted by Gasteiger charge is 2.10. The van der Waals surface area contributed by atoms with Crippen LogP contribution in [0.3, 0.4) is 0 Å². The summed E-state index contributed by atoms with van der Waals surface area (Å²) in [6.45, 7) is 2.10. The van der Waals surface area contributed by atoms with Crippen LogP contribution < -0.4 is 4.74 Å². The van der Waals surface area contributed by atoms with Crippen LogP contribution in [-0.4, -0.2) is 22.1 Å². The number of methoxy groups -OCH3 is 1. The van der Waals surface area contributed by atoms with E-state index < -0.39 is 0 Å². The average Bonchev–Trinajstić information content (AvgIpc) is 2.87. The van der Waals surface area contributed by atoms with Crippen molar-refractivity contribution >= 4 is 15.9 Å². The summed E-state index contributed by atoms with van der Waals surface area (Å²) < 4.78 is 6.93. The first-order valence-electron chi connectivity index (χ1n) is 5.45. The number of rotatable bonds is 4. The normalized spacial score (nSPS) is 12.4. The third-order valence-electron chi connectivity index (χ3n) is 2.51. The van der Waals surface area contributed by atoms with Gasteiger partial charge in [-0.3, -0.25) is 0 Å². The third kappa shape index (κ3) is 2.66. The molecule has 0 saturated heterocycles. The van der Waals surface area contributed by atoms with Crippen LogP contribution in [0.5, 0.6) is 5.75 Å². The summed E-state index contributed by atoms with van der Waals surface area (Å²) in [5.41, 5.74) is 1.88. The van der Waals surface area contributed by atoms with Gasteiger partial charge in [-0.2, -0.15) is 0 Å². The number of aromatic nitrogens is 3. The van der Waals surface area contributed by atoms with E-state index in [-0.39, 0.29) is 4.83 Å². The minimum atomic E-state index is 0.252. The molecule has 1 aromatic heterocycles.